The van der Waals surface area contributed by atoms with Crippen LogP contribution in [0.2, 0.25) is 0 Å². The van der Waals surface area contributed by atoms with Gasteiger partial charge in [0, 0.05) is 25.7 Å². The Morgan fingerprint density at radius 2 is 2.13 bits per heavy atom. The molecule has 1 aromatic carbocycles. The van der Waals surface area contributed by atoms with Gasteiger partial charge in [0.25, 0.3) is 5.69 Å². The molecule has 0 spiro atoms. The van der Waals surface area contributed by atoms with E-state index >= 15 is 0 Å². The van der Waals surface area contributed by atoms with Gasteiger partial charge in [-0.05, 0) is 6.07 Å². The minimum absolute atomic E-state index is 0.0136. The van der Waals surface area contributed by atoms with Gasteiger partial charge in [0.15, 0.2) is 0 Å². The molecule has 120 valence electrons. The van der Waals surface area contributed by atoms with Gasteiger partial charge in [-0.2, -0.15) is 10.2 Å². The quantitative estimate of drug-likeness (QED) is 0.374. The minimum Gasteiger partial charge on any atom is -0.419 e. The lowest BCUT2D eigenvalue weighted by atomic mass is 10.2. The Morgan fingerprint density at radius 3 is 2.83 bits per heavy atom. The molecule has 0 atom stereocenters. The van der Waals surface area contributed by atoms with E-state index in [1.165, 1.54) is 12.1 Å². The standard InChI is InChI=1S/C14H15N5O4/c15-9-11-14(17-6-5-16-7-8-20)23-13(18-11)10-3-1-2-4-12(10)19(21)22/h1-4,16-17,20H,5-8H2. The molecule has 2 rings (SSSR count). The van der Waals surface area contributed by atoms with Gasteiger partial charge in [-0.25, -0.2) is 0 Å². The van der Waals surface area contributed by atoms with Crippen LogP contribution in [0, 0.1) is 21.4 Å². The van der Waals surface area contributed by atoms with E-state index in [0.717, 1.165) is 0 Å². The first-order chi connectivity index (χ1) is 11.2. The number of oxazole rings is 1. The fraction of sp³-hybridized carbons (Fsp3) is 0.286. The van der Waals surface area contributed by atoms with Gasteiger partial charge in [0.05, 0.1) is 11.5 Å². The predicted octanol–water partition coefficient (Wildman–Crippen LogP) is 1.12. The summed E-state index contributed by atoms with van der Waals surface area (Å²) >= 11 is 0. The number of hydrogen-bond donors (Lipinski definition) is 3. The van der Waals surface area contributed by atoms with Gasteiger partial charge in [-0.3, -0.25) is 10.1 Å². The highest BCUT2D eigenvalue weighted by Crippen LogP contribution is 2.31. The summed E-state index contributed by atoms with van der Waals surface area (Å²) in [6.45, 7) is 1.49. The molecule has 0 aliphatic carbocycles. The van der Waals surface area contributed by atoms with E-state index in [2.05, 4.69) is 15.6 Å². The summed E-state index contributed by atoms with van der Waals surface area (Å²) in [5.41, 5.74) is 0.0927. The lowest BCUT2D eigenvalue weighted by molar-refractivity contribution is -0.384. The van der Waals surface area contributed by atoms with E-state index in [0.29, 0.717) is 19.6 Å². The Kier molecular flexibility index (Phi) is 5.62. The zero-order valence-corrected chi connectivity index (χ0v) is 12.2. The number of aromatic nitrogens is 1. The highest BCUT2D eigenvalue weighted by atomic mass is 16.6. The third kappa shape index (κ3) is 4.03. The molecule has 1 heterocycles. The molecule has 0 amide bonds. The monoisotopic (exact) mass is 317 g/mol. The maximum Gasteiger partial charge on any atom is 0.282 e. The number of nitrogens with one attached hydrogen (secondary N) is 2. The van der Waals surface area contributed by atoms with Gasteiger partial charge < -0.3 is 20.2 Å². The largest absolute Gasteiger partial charge is 0.419 e. The van der Waals surface area contributed by atoms with E-state index in [9.17, 15) is 10.1 Å². The summed E-state index contributed by atoms with van der Waals surface area (Å²) in [5, 5.41) is 34.7. The number of nitriles is 1. The topological polar surface area (TPSA) is 137 Å². The molecule has 0 aliphatic rings. The molecule has 3 N–H and O–H groups in total. The Morgan fingerprint density at radius 1 is 1.35 bits per heavy atom. The van der Waals surface area contributed by atoms with E-state index in [1.54, 1.807) is 12.1 Å². The number of nitro groups is 1. The van der Waals surface area contributed by atoms with Crippen molar-refractivity contribution in [3.05, 3.63) is 40.1 Å². The van der Waals surface area contributed by atoms with Crippen LogP contribution >= 0.6 is 0 Å². The molecule has 1 aromatic heterocycles. The maximum atomic E-state index is 11.1. The number of aliphatic hydroxyl groups is 1. The second kappa shape index (κ2) is 7.88. The fourth-order valence-corrected chi connectivity index (χ4v) is 1.91. The van der Waals surface area contributed by atoms with Crippen molar-refractivity contribution >= 4 is 11.6 Å². The third-order valence-corrected chi connectivity index (χ3v) is 2.94. The Balaban J connectivity index is 2.19. The SMILES string of the molecule is N#Cc1nc(-c2ccccc2[N+](=O)[O-])oc1NCCNCCO. The smallest absolute Gasteiger partial charge is 0.282 e. The highest BCUT2D eigenvalue weighted by Gasteiger charge is 2.21. The highest BCUT2D eigenvalue weighted by molar-refractivity contribution is 5.68. The van der Waals surface area contributed by atoms with Crippen LogP contribution < -0.4 is 10.6 Å². The van der Waals surface area contributed by atoms with Crippen molar-refractivity contribution in [1.29, 1.82) is 5.26 Å². The number of para-hydroxylation sites is 1. The average molecular weight is 317 g/mol. The molecule has 0 aliphatic heterocycles. The molecule has 0 radical (unpaired) electrons. The first kappa shape index (κ1) is 16.4. The third-order valence-electron chi connectivity index (χ3n) is 2.94. The van der Waals surface area contributed by atoms with Gasteiger partial charge >= 0.3 is 0 Å². The van der Waals surface area contributed by atoms with Gasteiger partial charge in [-0.1, -0.05) is 12.1 Å². The van der Waals surface area contributed by atoms with Crippen molar-refractivity contribution in [3.63, 3.8) is 0 Å². The summed E-state index contributed by atoms with van der Waals surface area (Å²) in [5.74, 6) is 0.172. The molecule has 23 heavy (non-hydrogen) atoms. The van der Waals surface area contributed by atoms with E-state index in [-0.39, 0.29) is 35.3 Å². The maximum absolute atomic E-state index is 11.1. The lowest BCUT2D eigenvalue weighted by Gasteiger charge is -2.03. The van der Waals surface area contributed by atoms with Crippen LogP contribution in [0.5, 0.6) is 0 Å². The minimum atomic E-state index is -0.530. The zero-order chi connectivity index (χ0) is 16.7. The van der Waals surface area contributed by atoms with Crippen molar-refractivity contribution < 1.29 is 14.4 Å². The van der Waals surface area contributed by atoms with Crippen LogP contribution in [0.1, 0.15) is 5.69 Å². The number of nitrogens with zero attached hydrogens (tertiary/aromatic N) is 3. The first-order valence-corrected chi connectivity index (χ1v) is 6.87. The Hall–Kier alpha value is -2.96. The Labute approximate surface area is 131 Å². The van der Waals surface area contributed by atoms with Crippen LogP contribution in [-0.4, -0.2) is 41.3 Å². The summed E-state index contributed by atoms with van der Waals surface area (Å²) in [6.07, 6.45) is 0. The molecule has 9 nitrogen and oxygen atoms in total. The van der Waals surface area contributed by atoms with Gasteiger partial charge in [0.2, 0.25) is 17.5 Å². The predicted molar refractivity (Wildman–Crippen MR) is 81.8 cm³/mol. The fourth-order valence-electron chi connectivity index (χ4n) is 1.91. The van der Waals surface area contributed by atoms with Gasteiger partial charge in [-0.15, -0.1) is 0 Å². The molecule has 2 aromatic rings. The number of aliphatic hydroxyl groups excluding tert-OH is 1. The van der Waals surface area contributed by atoms with Gasteiger partial charge in [0.1, 0.15) is 11.6 Å². The van der Waals surface area contributed by atoms with Crippen molar-refractivity contribution in [2.75, 3.05) is 31.6 Å². The zero-order valence-electron chi connectivity index (χ0n) is 12.2. The molecule has 0 bridgehead atoms. The van der Waals surface area contributed by atoms with Crippen molar-refractivity contribution in [2.45, 2.75) is 0 Å². The number of benzene rings is 1. The molecule has 0 fully saturated rings. The second-order valence-electron chi connectivity index (χ2n) is 4.48. The number of nitro benzene ring substituents is 1. The Bertz CT molecular complexity index is 722. The van der Waals surface area contributed by atoms with Crippen molar-refractivity contribution in [3.8, 4) is 17.5 Å². The number of hydrogen-bond acceptors (Lipinski definition) is 8. The number of anilines is 1. The van der Waals surface area contributed by atoms with Crippen LogP contribution in [0.25, 0.3) is 11.5 Å². The van der Waals surface area contributed by atoms with Crippen molar-refractivity contribution in [1.82, 2.24) is 10.3 Å². The molecule has 0 saturated heterocycles. The summed E-state index contributed by atoms with van der Waals surface area (Å²) in [6, 6.07) is 7.92. The average Bonchev–Trinajstić information content (AvgIpc) is 2.97. The number of rotatable bonds is 8. The summed E-state index contributed by atoms with van der Waals surface area (Å²) < 4.78 is 5.46. The van der Waals surface area contributed by atoms with Crippen LogP contribution in [0.3, 0.4) is 0 Å². The van der Waals surface area contributed by atoms with E-state index in [1.807, 2.05) is 6.07 Å². The van der Waals surface area contributed by atoms with Crippen LogP contribution in [0.4, 0.5) is 11.6 Å². The van der Waals surface area contributed by atoms with Crippen molar-refractivity contribution in [2.24, 2.45) is 0 Å². The van der Waals surface area contributed by atoms with Crippen LogP contribution in [0.15, 0.2) is 28.7 Å². The molecular weight excluding hydrogens is 302 g/mol. The molecule has 0 unspecified atom stereocenters. The second-order valence-corrected chi connectivity index (χ2v) is 4.48. The van der Waals surface area contributed by atoms with Crippen LogP contribution in [-0.2, 0) is 0 Å². The molecule has 9 heteroatoms. The summed E-state index contributed by atoms with van der Waals surface area (Å²) in [7, 11) is 0. The molecular formula is C14H15N5O4. The normalized spacial score (nSPS) is 10.3. The lowest BCUT2D eigenvalue weighted by Crippen LogP contribution is -2.24. The summed E-state index contributed by atoms with van der Waals surface area (Å²) in [4.78, 5) is 14.5. The molecule has 0 saturated carbocycles. The van der Waals surface area contributed by atoms with E-state index < -0.39 is 4.92 Å². The van der Waals surface area contributed by atoms with E-state index in [4.69, 9.17) is 14.8 Å². The first-order valence-electron chi connectivity index (χ1n) is 6.87.